The number of rotatable bonds is 17. The van der Waals surface area contributed by atoms with Gasteiger partial charge in [0.1, 0.15) is 0 Å². The van der Waals surface area contributed by atoms with E-state index in [2.05, 4.69) is 0 Å². The molecule has 0 aromatic carbocycles. The van der Waals surface area contributed by atoms with Crippen molar-refractivity contribution in [1.29, 1.82) is 0 Å². The number of aliphatic hydroxyl groups is 3. The van der Waals surface area contributed by atoms with Crippen molar-refractivity contribution in [2.75, 3.05) is 6.61 Å². The van der Waals surface area contributed by atoms with E-state index in [0.717, 1.165) is 32.1 Å². The first-order valence-corrected chi connectivity index (χ1v) is 9.29. The van der Waals surface area contributed by atoms with Crippen molar-refractivity contribution in [1.82, 2.24) is 0 Å². The van der Waals surface area contributed by atoms with Gasteiger partial charge in [0, 0.05) is 6.61 Å². The summed E-state index contributed by atoms with van der Waals surface area (Å²) in [6.07, 6.45) is 12.6. The van der Waals surface area contributed by atoms with Crippen molar-refractivity contribution < 1.29 is 25.2 Å². The van der Waals surface area contributed by atoms with Crippen LogP contribution in [0.5, 0.6) is 0 Å². The van der Waals surface area contributed by atoms with E-state index in [1.807, 2.05) is 0 Å². The molecule has 0 aliphatic rings. The SMILES string of the molecule is O=C(O)C(O)C(O)CCCCCCCCCCCCCCCO.[KH]. The zero-order valence-electron chi connectivity index (χ0n) is 14.5. The van der Waals surface area contributed by atoms with Crippen molar-refractivity contribution >= 4 is 57.4 Å². The average Bonchev–Trinajstić information content (AvgIpc) is 2.54. The Labute approximate surface area is 189 Å². The molecule has 5 nitrogen and oxygen atoms in total. The van der Waals surface area contributed by atoms with E-state index in [1.165, 1.54) is 51.4 Å². The normalized spacial score (nSPS) is 13.3. The van der Waals surface area contributed by atoms with Gasteiger partial charge in [0.05, 0.1) is 6.10 Å². The van der Waals surface area contributed by atoms with Crippen LogP contribution < -0.4 is 0 Å². The van der Waals surface area contributed by atoms with Gasteiger partial charge >= 0.3 is 57.4 Å². The monoisotopic (exact) mass is 372 g/mol. The van der Waals surface area contributed by atoms with Crippen LogP contribution in [0.15, 0.2) is 0 Å². The number of unbranched alkanes of at least 4 members (excludes halogenated alkanes) is 12. The molecule has 0 spiro atoms. The second-order valence-electron chi connectivity index (χ2n) is 6.46. The average molecular weight is 373 g/mol. The first-order valence-electron chi connectivity index (χ1n) is 9.29. The predicted octanol–water partition coefficient (Wildman–Crippen LogP) is 2.60. The number of aliphatic hydroxyl groups excluding tert-OH is 3. The molecular weight excluding hydrogens is 335 g/mol. The Bertz CT molecular complexity index is 276. The van der Waals surface area contributed by atoms with Crippen LogP contribution in [-0.4, -0.2) is 96.6 Å². The Hall–Kier alpha value is 0.986. The number of aliphatic carboxylic acids is 1. The van der Waals surface area contributed by atoms with Gasteiger partial charge in [-0.15, -0.1) is 0 Å². The molecule has 0 bridgehead atoms. The summed E-state index contributed by atoms with van der Waals surface area (Å²) in [5.41, 5.74) is 0. The maximum absolute atomic E-state index is 10.5. The second kappa shape index (κ2) is 20.3. The molecule has 2 atom stereocenters. The van der Waals surface area contributed by atoms with E-state index in [1.54, 1.807) is 0 Å². The van der Waals surface area contributed by atoms with E-state index in [-0.39, 0.29) is 51.4 Å². The third-order valence-electron chi connectivity index (χ3n) is 4.28. The van der Waals surface area contributed by atoms with Crippen LogP contribution in [0.3, 0.4) is 0 Å². The molecule has 0 radical (unpaired) electrons. The number of carboxylic acids is 1. The van der Waals surface area contributed by atoms with Crippen LogP contribution in [0.25, 0.3) is 0 Å². The summed E-state index contributed by atoms with van der Waals surface area (Å²) in [5.74, 6) is -1.36. The summed E-state index contributed by atoms with van der Waals surface area (Å²) in [6, 6.07) is 0. The Morgan fingerprint density at radius 2 is 1.00 bits per heavy atom. The Balaban J connectivity index is 0. The molecule has 0 heterocycles. The fourth-order valence-electron chi connectivity index (χ4n) is 2.73. The van der Waals surface area contributed by atoms with Gasteiger partial charge in [-0.1, -0.05) is 77.0 Å². The topological polar surface area (TPSA) is 98.0 Å². The molecule has 24 heavy (non-hydrogen) atoms. The molecule has 0 rings (SSSR count). The van der Waals surface area contributed by atoms with Gasteiger partial charge in [-0.05, 0) is 12.8 Å². The Kier molecular flexibility index (Phi) is 23.0. The van der Waals surface area contributed by atoms with Gasteiger partial charge in [-0.3, -0.25) is 0 Å². The van der Waals surface area contributed by atoms with Crippen LogP contribution in [-0.2, 0) is 4.79 Å². The maximum atomic E-state index is 10.5. The molecule has 0 fully saturated rings. The van der Waals surface area contributed by atoms with Crippen LogP contribution >= 0.6 is 0 Å². The van der Waals surface area contributed by atoms with Crippen molar-refractivity contribution in [2.45, 2.75) is 102 Å². The summed E-state index contributed by atoms with van der Waals surface area (Å²) in [5, 5.41) is 35.8. The third-order valence-corrected chi connectivity index (χ3v) is 4.28. The molecule has 0 aromatic heterocycles. The van der Waals surface area contributed by atoms with E-state index in [0.29, 0.717) is 13.0 Å². The van der Waals surface area contributed by atoms with E-state index < -0.39 is 18.2 Å². The van der Waals surface area contributed by atoms with Crippen molar-refractivity contribution in [3.05, 3.63) is 0 Å². The van der Waals surface area contributed by atoms with Crippen LogP contribution in [0, 0.1) is 0 Å². The quantitative estimate of drug-likeness (QED) is 0.232. The van der Waals surface area contributed by atoms with E-state index in [9.17, 15) is 9.90 Å². The van der Waals surface area contributed by atoms with Gasteiger partial charge in [0.2, 0.25) is 0 Å². The van der Waals surface area contributed by atoms with Crippen molar-refractivity contribution in [3.63, 3.8) is 0 Å². The van der Waals surface area contributed by atoms with Crippen LogP contribution in [0.1, 0.15) is 89.9 Å². The van der Waals surface area contributed by atoms with Gasteiger partial charge < -0.3 is 20.4 Å². The van der Waals surface area contributed by atoms with Crippen LogP contribution in [0.4, 0.5) is 0 Å². The molecule has 0 aliphatic carbocycles. The van der Waals surface area contributed by atoms with Crippen LogP contribution in [0.2, 0.25) is 0 Å². The summed E-state index contributed by atoms with van der Waals surface area (Å²) in [4.78, 5) is 10.5. The Morgan fingerprint density at radius 3 is 1.33 bits per heavy atom. The molecule has 0 amide bonds. The molecule has 0 saturated heterocycles. The summed E-state index contributed by atoms with van der Waals surface area (Å²) in [7, 11) is 0. The Morgan fingerprint density at radius 1 is 0.667 bits per heavy atom. The number of hydrogen-bond acceptors (Lipinski definition) is 4. The van der Waals surface area contributed by atoms with Crippen molar-refractivity contribution in [3.8, 4) is 0 Å². The summed E-state index contributed by atoms with van der Waals surface area (Å²) in [6.45, 7) is 0.319. The standard InChI is InChI=1S/C18H36O5.K.H/c19-15-13-11-9-7-5-3-1-2-4-6-8-10-12-14-16(20)17(21)18(22)23;;/h16-17,19-21H,1-15H2,(H,22,23);;. The first-order chi connectivity index (χ1) is 11.1. The van der Waals surface area contributed by atoms with Crippen molar-refractivity contribution in [2.24, 2.45) is 0 Å². The zero-order valence-corrected chi connectivity index (χ0v) is 14.5. The molecule has 140 valence electrons. The molecule has 0 saturated carbocycles. The molecule has 0 aromatic rings. The number of carboxylic acid groups (broad SMARTS) is 1. The predicted molar refractivity (Wildman–Crippen MR) is 98.5 cm³/mol. The summed E-state index contributed by atoms with van der Waals surface area (Å²) < 4.78 is 0. The fraction of sp³-hybridized carbons (Fsp3) is 0.944. The molecule has 0 aliphatic heterocycles. The second-order valence-corrected chi connectivity index (χ2v) is 6.46. The van der Waals surface area contributed by atoms with Gasteiger partial charge in [0.25, 0.3) is 0 Å². The molecule has 6 heteroatoms. The minimum absolute atomic E-state index is 0. The van der Waals surface area contributed by atoms with Gasteiger partial charge in [0.15, 0.2) is 6.10 Å². The van der Waals surface area contributed by atoms with Gasteiger partial charge in [-0.2, -0.15) is 0 Å². The third kappa shape index (κ3) is 17.8. The van der Waals surface area contributed by atoms with Gasteiger partial charge in [-0.25, -0.2) is 4.79 Å². The molecular formula is C18H37KO5. The van der Waals surface area contributed by atoms with E-state index in [4.69, 9.17) is 15.3 Å². The fourth-order valence-corrected chi connectivity index (χ4v) is 2.73. The minimum atomic E-state index is -1.65. The number of carbonyl (C=O) groups is 1. The first kappa shape index (κ1) is 27.2. The molecule has 2 unspecified atom stereocenters. The van der Waals surface area contributed by atoms with E-state index >= 15 is 0 Å². The number of hydrogen-bond donors (Lipinski definition) is 4. The summed E-state index contributed by atoms with van der Waals surface area (Å²) >= 11 is 0. The zero-order chi connectivity index (χ0) is 17.3. The molecule has 4 N–H and O–H groups in total.